The fraction of sp³-hybridized carbons (Fsp3) is 0.533. The zero-order chi connectivity index (χ0) is 15.7. The highest BCUT2D eigenvalue weighted by Crippen LogP contribution is 2.19. The number of pyridine rings is 1. The first-order valence-corrected chi connectivity index (χ1v) is 7.51. The second-order valence-electron chi connectivity index (χ2n) is 5.82. The lowest BCUT2D eigenvalue weighted by Gasteiger charge is -2.40. The molecule has 1 atom stereocenters. The second-order valence-corrected chi connectivity index (χ2v) is 5.82. The lowest BCUT2D eigenvalue weighted by atomic mass is 10.2. The summed E-state index contributed by atoms with van der Waals surface area (Å²) in [4.78, 5) is 8.49. The van der Waals surface area contributed by atoms with Gasteiger partial charge in [0.15, 0.2) is 0 Å². The van der Waals surface area contributed by atoms with Gasteiger partial charge in [-0.15, -0.1) is 10.2 Å². The molecule has 6 nitrogen and oxygen atoms in total. The molecular formula is C15H21FN6. The van der Waals surface area contributed by atoms with E-state index in [9.17, 15) is 4.39 Å². The van der Waals surface area contributed by atoms with Gasteiger partial charge in [0.2, 0.25) is 5.95 Å². The Hall–Kier alpha value is -2.02. The highest BCUT2D eigenvalue weighted by atomic mass is 19.1. The summed E-state index contributed by atoms with van der Waals surface area (Å²) in [5.74, 6) is 2.18. The average Bonchev–Trinajstić information content (AvgIpc) is 2.79. The van der Waals surface area contributed by atoms with E-state index in [-0.39, 0.29) is 6.04 Å². The summed E-state index contributed by atoms with van der Waals surface area (Å²) < 4.78 is 15.3. The molecule has 1 aliphatic heterocycles. The van der Waals surface area contributed by atoms with E-state index in [1.807, 2.05) is 24.6 Å². The van der Waals surface area contributed by atoms with Crippen molar-refractivity contribution < 1.29 is 4.39 Å². The Bertz CT molecular complexity index is 655. The van der Waals surface area contributed by atoms with Crippen LogP contribution in [0.1, 0.15) is 18.6 Å². The van der Waals surface area contributed by atoms with E-state index in [2.05, 4.69) is 31.9 Å². The lowest BCUT2D eigenvalue weighted by molar-refractivity contribution is 0.213. The third-order valence-corrected chi connectivity index (χ3v) is 4.25. The molecule has 0 N–H and O–H groups in total. The molecule has 0 radical (unpaired) electrons. The summed E-state index contributed by atoms with van der Waals surface area (Å²) in [5, 5.41) is 8.32. The normalized spacial score (nSPS) is 19.6. The third-order valence-electron chi connectivity index (χ3n) is 4.25. The molecule has 1 fully saturated rings. The Balaban J connectivity index is 1.66. The van der Waals surface area contributed by atoms with Crippen LogP contribution < -0.4 is 4.90 Å². The first-order chi connectivity index (χ1) is 10.5. The van der Waals surface area contributed by atoms with Gasteiger partial charge in [-0.1, -0.05) is 6.07 Å². The molecule has 0 spiro atoms. The summed E-state index contributed by atoms with van der Waals surface area (Å²) in [5.41, 5.74) is 0. The van der Waals surface area contributed by atoms with Crippen LogP contribution in [0, 0.1) is 12.9 Å². The number of aromatic nitrogens is 4. The molecule has 22 heavy (non-hydrogen) atoms. The van der Waals surface area contributed by atoms with Crippen LogP contribution >= 0.6 is 0 Å². The molecule has 1 saturated heterocycles. The minimum absolute atomic E-state index is 0.275. The first-order valence-electron chi connectivity index (χ1n) is 7.51. The molecule has 3 rings (SSSR count). The number of anilines is 1. The maximum Gasteiger partial charge on any atom is 0.214 e. The molecule has 0 bridgehead atoms. The molecule has 2 aromatic heterocycles. The maximum atomic E-state index is 13.3. The Morgan fingerprint density at radius 2 is 2.09 bits per heavy atom. The molecule has 1 aliphatic rings. The summed E-state index contributed by atoms with van der Waals surface area (Å²) in [6, 6.07) is 5.22. The molecule has 1 unspecified atom stereocenters. The summed E-state index contributed by atoms with van der Waals surface area (Å²) in [7, 11) is 1.99. The van der Waals surface area contributed by atoms with Crippen LogP contribution in [-0.4, -0.2) is 50.3 Å². The standard InChI is InChI=1S/C15H21FN6/c1-11-9-21(10-15-19-18-12(2)20(15)3)7-8-22(11)14-6-4-5-13(16)17-14/h4-6,11H,7-10H2,1-3H3. The highest BCUT2D eigenvalue weighted by molar-refractivity contribution is 5.40. The molecule has 0 saturated carbocycles. The van der Waals surface area contributed by atoms with Crippen LogP contribution in [0.3, 0.4) is 0 Å². The largest absolute Gasteiger partial charge is 0.351 e. The fourth-order valence-corrected chi connectivity index (χ4v) is 2.86. The van der Waals surface area contributed by atoms with Crippen LogP contribution in [0.25, 0.3) is 0 Å². The number of nitrogens with zero attached hydrogens (tertiary/aromatic N) is 6. The quantitative estimate of drug-likeness (QED) is 0.802. The Labute approximate surface area is 129 Å². The van der Waals surface area contributed by atoms with Crippen LogP contribution in [0.5, 0.6) is 0 Å². The third kappa shape index (κ3) is 2.94. The fourth-order valence-electron chi connectivity index (χ4n) is 2.86. The van der Waals surface area contributed by atoms with Crippen LogP contribution in [0.2, 0.25) is 0 Å². The van der Waals surface area contributed by atoms with Crippen LogP contribution in [0.15, 0.2) is 18.2 Å². The van der Waals surface area contributed by atoms with E-state index in [4.69, 9.17) is 0 Å². The second kappa shape index (κ2) is 6.00. The van der Waals surface area contributed by atoms with Gasteiger partial charge >= 0.3 is 0 Å². The average molecular weight is 304 g/mol. The minimum Gasteiger partial charge on any atom is -0.351 e. The van der Waals surface area contributed by atoms with Crippen LogP contribution in [0.4, 0.5) is 10.2 Å². The smallest absolute Gasteiger partial charge is 0.214 e. The molecule has 118 valence electrons. The molecule has 0 aromatic carbocycles. The summed E-state index contributed by atoms with van der Waals surface area (Å²) in [6.45, 7) is 7.49. The Morgan fingerprint density at radius 3 is 2.73 bits per heavy atom. The minimum atomic E-state index is -0.429. The van der Waals surface area contributed by atoms with E-state index >= 15 is 0 Å². The zero-order valence-electron chi connectivity index (χ0n) is 13.2. The number of halogens is 1. The van der Waals surface area contributed by atoms with Crippen molar-refractivity contribution in [1.82, 2.24) is 24.6 Å². The number of hydrogen-bond acceptors (Lipinski definition) is 5. The van der Waals surface area contributed by atoms with Gasteiger partial charge in [0.25, 0.3) is 0 Å². The monoisotopic (exact) mass is 304 g/mol. The van der Waals surface area contributed by atoms with Gasteiger partial charge in [0, 0.05) is 32.7 Å². The van der Waals surface area contributed by atoms with Crippen molar-refractivity contribution in [2.24, 2.45) is 7.05 Å². The SMILES string of the molecule is Cc1nnc(CN2CCN(c3cccc(F)n3)C(C)C2)n1C. The van der Waals surface area contributed by atoms with Crippen molar-refractivity contribution in [2.75, 3.05) is 24.5 Å². The van der Waals surface area contributed by atoms with Gasteiger partial charge in [0.05, 0.1) is 6.54 Å². The number of aryl methyl sites for hydroxylation is 1. The van der Waals surface area contributed by atoms with E-state index < -0.39 is 5.95 Å². The summed E-state index contributed by atoms with van der Waals surface area (Å²) >= 11 is 0. The molecule has 0 aliphatic carbocycles. The maximum absolute atomic E-state index is 13.3. The molecule has 3 heterocycles. The molecule has 0 amide bonds. The van der Waals surface area contributed by atoms with Gasteiger partial charge in [-0.3, -0.25) is 4.90 Å². The van der Waals surface area contributed by atoms with Crippen LogP contribution in [-0.2, 0) is 13.6 Å². The van der Waals surface area contributed by atoms with Crippen molar-refractivity contribution in [3.05, 3.63) is 35.8 Å². The number of piperazine rings is 1. The van der Waals surface area contributed by atoms with Gasteiger partial charge in [-0.25, -0.2) is 4.98 Å². The van der Waals surface area contributed by atoms with E-state index in [0.29, 0.717) is 5.82 Å². The van der Waals surface area contributed by atoms with Crippen molar-refractivity contribution in [1.29, 1.82) is 0 Å². The zero-order valence-corrected chi connectivity index (χ0v) is 13.2. The first kappa shape index (κ1) is 14.9. The van der Waals surface area contributed by atoms with Gasteiger partial charge in [-0.2, -0.15) is 4.39 Å². The van der Waals surface area contributed by atoms with E-state index in [0.717, 1.165) is 37.8 Å². The Morgan fingerprint density at radius 1 is 1.27 bits per heavy atom. The van der Waals surface area contributed by atoms with Gasteiger partial charge in [-0.05, 0) is 26.0 Å². The van der Waals surface area contributed by atoms with Crippen molar-refractivity contribution in [3.63, 3.8) is 0 Å². The summed E-state index contributed by atoms with van der Waals surface area (Å²) in [6.07, 6.45) is 0. The van der Waals surface area contributed by atoms with E-state index in [1.54, 1.807) is 6.07 Å². The Kier molecular flexibility index (Phi) is 4.06. The van der Waals surface area contributed by atoms with Crippen molar-refractivity contribution in [2.45, 2.75) is 26.4 Å². The van der Waals surface area contributed by atoms with Crippen molar-refractivity contribution >= 4 is 5.82 Å². The lowest BCUT2D eigenvalue weighted by Crippen LogP contribution is -2.52. The molecule has 2 aromatic rings. The van der Waals surface area contributed by atoms with Gasteiger partial charge < -0.3 is 9.47 Å². The van der Waals surface area contributed by atoms with Crippen molar-refractivity contribution in [3.8, 4) is 0 Å². The molecular weight excluding hydrogens is 283 g/mol. The predicted molar refractivity (Wildman–Crippen MR) is 82.0 cm³/mol. The molecule has 7 heteroatoms. The number of hydrogen-bond donors (Lipinski definition) is 0. The highest BCUT2D eigenvalue weighted by Gasteiger charge is 2.25. The number of rotatable bonds is 3. The predicted octanol–water partition coefficient (Wildman–Crippen LogP) is 1.37. The van der Waals surface area contributed by atoms with E-state index in [1.165, 1.54) is 6.07 Å². The van der Waals surface area contributed by atoms with Gasteiger partial charge in [0.1, 0.15) is 17.5 Å². The topological polar surface area (TPSA) is 50.1 Å².